The number of thiazole rings is 1. The van der Waals surface area contributed by atoms with Crippen LogP contribution >= 0.6 is 11.3 Å². The molecular formula is C17H21N7OS. The fourth-order valence-electron chi connectivity index (χ4n) is 3.13. The van der Waals surface area contributed by atoms with Crippen molar-refractivity contribution in [1.82, 2.24) is 35.0 Å². The van der Waals surface area contributed by atoms with E-state index in [2.05, 4.69) is 25.4 Å². The SMILES string of the molecule is CN(Cc1nc2ccccc2s1)C(=O)Cn1nnnc1CN1CCCC1. The normalized spacial score (nSPS) is 15.0. The lowest BCUT2D eigenvalue weighted by molar-refractivity contribution is -0.131. The average molecular weight is 371 g/mol. The molecule has 1 amide bonds. The van der Waals surface area contributed by atoms with E-state index in [0.29, 0.717) is 13.1 Å². The number of para-hydroxylation sites is 1. The monoisotopic (exact) mass is 371 g/mol. The van der Waals surface area contributed by atoms with Gasteiger partial charge < -0.3 is 4.90 Å². The van der Waals surface area contributed by atoms with E-state index in [-0.39, 0.29) is 12.5 Å². The number of hydrogen-bond acceptors (Lipinski definition) is 7. The average Bonchev–Trinajstić information content (AvgIpc) is 3.36. The fourth-order valence-corrected chi connectivity index (χ4v) is 4.15. The van der Waals surface area contributed by atoms with E-state index in [1.807, 2.05) is 24.3 Å². The summed E-state index contributed by atoms with van der Waals surface area (Å²) in [6.07, 6.45) is 2.43. The molecule has 0 bridgehead atoms. The lowest BCUT2D eigenvalue weighted by Gasteiger charge is -2.17. The van der Waals surface area contributed by atoms with Gasteiger partial charge in [0.15, 0.2) is 5.82 Å². The molecule has 1 fully saturated rings. The van der Waals surface area contributed by atoms with E-state index >= 15 is 0 Å². The number of amides is 1. The van der Waals surface area contributed by atoms with Crippen LogP contribution in [0.25, 0.3) is 10.2 Å². The molecule has 0 spiro atoms. The molecule has 0 N–H and O–H groups in total. The molecular weight excluding hydrogens is 350 g/mol. The largest absolute Gasteiger partial charge is 0.337 e. The number of likely N-dealkylation sites (N-methyl/N-ethyl adjacent to an activating group) is 1. The van der Waals surface area contributed by atoms with Gasteiger partial charge in [0.1, 0.15) is 11.6 Å². The van der Waals surface area contributed by atoms with Crippen molar-refractivity contribution in [3.8, 4) is 0 Å². The van der Waals surface area contributed by atoms with Crippen molar-refractivity contribution in [1.29, 1.82) is 0 Å². The topological polar surface area (TPSA) is 80.0 Å². The van der Waals surface area contributed by atoms with Gasteiger partial charge in [-0.15, -0.1) is 16.4 Å². The molecule has 3 aromatic rings. The van der Waals surface area contributed by atoms with Crippen LogP contribution < -0.4 is 0 Å². The zero-order valence-corrected chi connectivity index (χ0v) is 15.5. The molecule has 1 aliphatic rings. The molecule has 0 unspecified atom stereocenters. The Morgan fingerprint density at radius 2 is 2.08 bits per heavy atom. The minimum Gasteiger partial charge on any atom is -0.337 e. The first-order chi connectivity index (χ1) is 12.7. The van der Waals surface area contributed by atoms with Gasteiger partial charge in [-0.3, -0.25) is 9.69 Å². The summed E-state index contributed by atoms with van der Waals surface area (Å²) in [4.78, 5) is 21.2. The number of tetrazole rings is 1. The Morgan fingerprint density at radius 1 is 1.27 bits per heavy atom. The first-order valence-corrected chi connectivity index (χ1v) is 9.56. The number of fused-ring (bicyclic) bond motifs is 1. The third kappa shape index (κ3) is 3.73. The van der Waals surface area contributed by atoms with E-state index < -0.39 is 0 Å². The van der Waals surface area contributed by atoms with Gasteiger partial charge in [-0.05, 0) is 48.5 Å². The molecule has 1 saturated heterocycles. The van der Waals surface area contributed by atoms with Crippen LogP contribution in [0.1, 0.15) is 23.7 Å². The fraction of sp³-hybridized carbons (Fsp3) is 0.471. The Hall–Kier alpha value is -2.39. The number of likely N-dealkylation sites (tertiary alicyclic amines) is 1. The van der Waals surface area contributed by atoms with Gasteiger partial charge in [-0.1, -0.05) is 12.1 Å². The summed E-state index contributed by atoms with van der Waals surface area (Å²) in [5.74, 6) is 0.716. The van der Waals surface area contributed by atoms with Crippen molar-refractivity contribution in [2.24, 2.45) is 0 Å². The van der Waals surface area contributed by atoms with Crippen molar-refractivity contribution in [3.63, 3.8) is 0 Å². The molecule has 0 aliphatic carbocycles. The Labute approximate surface area is 155 Å². The van der Waals surface area contributed by atoms with Crippen LogP contribution in [0.4, 0.5) is 0 Å². The highest BCUT2D eigenvalue weighted by Gasteiger charge is 2.19. The number of benzene rings is 1. The zero-order valence-electron chi connectivity index (χ0n) is 14.7. The molecule has 2 aromatic heterocycles. The summed E-state index contributed by atoms with van der Waals surface area (Å²) in [7, 11) is 1.79. The van der Waals surface area contributed by atoms with E-state index in [9.17, 15) is 4.79 Å². The minimum atomic E-state index is -0.0285. The molecule has 0 radical (unpaired) electrons. The second-order valence-corrected chi connectivity index (χ2v) is 7.68. The third-order valence-electron chi connectivity index (χ3n) is 4.59. The maximum atomic E-state index is 12.6. The van der Waals surface area contributed by atoms with Crippen molar-refractivity contribution >= 4 is 27.5 Å². The molecule has 1 aliphatic heterocycles. The summed E-state index contributed by atoms with van der Waals surface area (Å²) in [5, 5.41) is 12.7. The quantitative estimate of drug-likeness (QED) is 0.654. The number of hydrogen-bond donors (Lipinski definition) is 0. The number of aromatic nitrogens is 5. The molecule has 9 heteroatoms. The van der Waals surface area contributed by atoms with Gasteiger partial charge in [-0.2, -0.15) is 0 Å². The van der Waals surface area contributed by atoms with Crippen molar-refractivity contribution in [3.05, 3.63) is 35.1 Å². The molecule has 4 rings (SSSR count). The maximum absolute atomic E-state index is 12.6. The molecule has 136 valence electrons. The van der Waals surface area contributed by atoms with Gasteiger partial charge in [0.25, 0.3) is 0 Å². The van der Waals surface area contributed by atoms with E-state index in [0.717, 1.165) is 34.1 Å². The highest BCUT2D eigenvalue weighted by atomic mass is 32.1. The van der Waals surface area contributed by atoms with Gasteiger partial charge in [0, 0.05) is 7.05 Å². The second kappa shape index (κ2) is 7.46. The number of carbonyl (C=O) groups excluding carboxylic acids is 1. The first kappa shape index (κ1) is 17.0. The van der Waals surface area contributed by atoms with Crippen molar-refractivity contribution in [2.45, 2.75) is 32.5 Å². The van der Waals surface area contributed by atoms with Crippen LogP contribution in [0.2, 0.25) is 0 Å². The van der Waals surface area contributed by atoms with E-state index in [4.69, 9.17) is 0 Å². The summed E-state index contributed by atoms with van der Waals surface area (Å²) in [6, 6.07) is 8.01. The van der Waals surface area contributed by atoms with Crippen molar-refractivity contribution in [2.75, 3.05) is 20.1 Å². The zero-order chi connectivity index (χ0) is 17.9. The smallest absolute Gasteiger partial charge is 0.244 e. The highest BCUT2D eigenvalue weighted by molar-refractivity contribution is 7.18. The van der Waals surface area contributed by atoms with Crippen LogP contribution in [0.15, 0.2) is 24.3 Å². The van der Waals surface area contributed by atoms with Crippen LogP contribution in [0.3, 0.4) is 0 Å². The van der Waals surface area contributed by atoms with E-state index in [1.54, 1.807) is 28.0 Å². The van der Waals surface area contributed by atoms with Crippen LogP contribution in [-0.2, 0) is 24.4 Å². The Bertz CT molecular complexity index is 866. The second-order valence-electron chi connectivity index (χ2n) is 6.56. The van der Waals surface area contributed by atoms with Gasteiger partial charge >= 0.3 is 0 Å². The summed E-state index contributed by atoms with van der Waals surface area (Å²) < 4.78 is 2.74. The molecule has 26 heavy (non-hydrogen) atoms. The summed E-state index contributed by atoms with van der Waals surface area (Å²) in [5.41, 5.74) is 0.974. The third-order valence-corrected chi connectivity index (χ3v) is 5.61. The predicted molar refractivity (Wildman–Crippen MR) is 98.4 cm³/mol. The number of nitrogens with zero attached hydrogens (tertiary/aromatic N) is 7. The van der Waals surface area contributed by atoms with Gasteiger partial charge in [0.05, 0.1) is 23.3 Å². The van der Waals surface area contributed by atoms with Crippen LogP contribution in [0, 0.1) is 0 Å². The Kier molecular flexibility index (Phi) is 4.89. The highest BCUT2D eigenvalue weighted by Crippen LogP contribution is 2.22. The summed E-state index contributed by atoms with van der Waals surface area (Å²) >= 11 is 1.62. The lowest BCUT2D eigenvalue weighted by Crippen LogP contribution is -2.31. The predicted octanol–water partition coefficient (Wildman–Crippen LogP) is 1.54. The molecule has 1 aromatic carbocycles. The molecule has 0 atom stereocenters. The van der Waals surface area contributed by atoms with Gasteiger partial charge in [-0.25, -0.2) is 9.67 Å². The maximum Gasteiger partial charge on any atom is 0.244 e. The lowest BCUT2D eigenvalue weighted by atomic mass is 10.3. The van der Waals surface area contributed by atoms with Crippen LogP contribution in [-0.4, -0.2) is 61.0 Å². The number of rotatable bonds is 6. The molecule has 8 nitrogen and oxygen atoms in total. The van der Waals surface area contributed by atoms with E-state index in [1.165, 1.54) is 12.8 Å². The standard InChI is InChI=1S/C17H21N7OS/c1-22(11-16-18-13-6-2-3-7-14(13)26-16)17(25)12-24-15(19-20-21-24)10-23-8-4-5-9-23/h2-3,6-7H,4-5,8-12H2,1H3. The molecule has 0 saturated carbocycles. The Morgan fingerprint density at radius 3 is 2.88 bits per heavy atom. The van der Waals surface area contributed by atoms with Gasteiger partial charge in [0.2, 0.25) is 5.91 Å². The minimum absolute atomic E-state index is 0.0285. The summed E-state index contributed by atoms with van der Waals surface area (Å²) in [6.45, 7) is 3.47. The molecule has 3 heterocycles. The first-order valence-electron chi connectivity index (χ1n) is 8.75. The van der Waals surface area contributed by atoms with Crippen molar-refractivity contribution < 1.29 is 4.79 Å². The number of carbonyl (C=O) groups is 1. The Balaban J connectivity index is 1.39. The van der Waals surface area contributed by atoms with Crippen LogP contribution in [0.5, 0.6) is 0 Å².